The van der Waals surface area contributed by atoms with Crippen molar-refractivity contribution in [3.8, 4) is 0 Å². The summed E-state index contributed by atoms with van der Waals surface area (Å²) in [5.41, 5.74) is 0.692. The maximum atomic E-state index is 11.7. The summed E-state index contributed by atoms with van der Waals surface area (Å²) in [6, 6.07) is 7.05. The zero-order valence-electron chi connectivity index (χ0n) is 11.1. The maximum absolute atomic E-state index is 11.7. The summed E-state index contributed by atoms with van der Waals surface area (Å²) in [5.74, 6) is 0.776. The Labute approximate surface area is 122 Å². The summed E-state index contributed by atoms with van der Waals surface area (Å²) < 4.78 is 1.85. The number of rotatable bonds is 6. The van der Waals surface area contributed by atoms with Gasteiger partial charge in [0.15, 0.2) is 0 Å². The second-order valence-electron chi connectivity index (χ2n) is 4.34. The number of carbonyl (C=O) groups excluding carboxylic acids is 1. The zero-order chi connectivity index (χ0) is 14.4. The minimum atomic E-state index is -0.106. The molecule has 6 nitrogen and oxygen atoms in total. The third kappa shape index (κ3) is 4.32. The average molecular weight is 294 g/mol. The number of halogens is 1. The van der Waals surface area contributed by atoms with Gasteiger partial charge in [0, 0.05) is 30.7 Å². The number of hydrogen-bond donors (Lipinski definition) is 2. The Balaban J connectivity index is 1.69. The van der Waals surface area contributed by atoms with E-state index >= 15 is 0 Å². The van der Waals surface area contributed by atoms with Crippen LogP contribution in [0, 0.1) is 0 Å². The fraction of sp³-hybridized carbons (Fsp3) is 0.308. The molecular formula is C13H16ClN5O. The van der Waals surface area contributed by atoms with Crippen LogP contribution in [0.15, 0.2) is 30.6 Å². The molecule has 7 heteroatoms. The summed E-state index contributed by atoms with van der Waals surface area (Å²) in [5, 5.41) is 14.2. The topological polar surface area (TPSA) is 71.8 Å². The fourth-order valence-electron chi connectivity index (χ4n) is 1.71. The molecule has 0 aliphatic carbocycles. The number of nitrogens with zero attached hydrogens (tertiary/aromatic N) is 3. The molecule has 1 amide bonds. The van der Waals surface area contributed by atoms with Gasteiger partial charge in [0.2, 0.25) is 5.91 Å². The Morgan fingerprint density at radius 1 is 1.45 bits per heavy atom. The molecule has 0 spiro atoms. The van der Waals surface area contributed by atoms with Gasteiger partial charge in [-0.05, 0) is 18.2 Å². The van der Waals surface area contributed by atoms with E-state index < -0.39 is 0 Å². The molecule has 0 saturated carbocycles. The van der Waals surface area contributed by atoms with E-state index in [4.69, 9.17) is 11.6 Å². The first-order valence-electron chi connectivity index (χ1n) is 6.24. The monoisotopic (exact) mass is 293 g/mol. The van der Waals surface area contributed by atoms with E-state index in [2.05, 4.69) is 20.8 Å². The van der Waals surface area contributed by atoms with Crippen molar-refractivity contribution in [2.45, 2.75) is 6.42 Å². The Bertz CT molecular complexity index is 584. The van der Waals surface area contributed by atoms with Crippen LogP contribution in [0.1, 0.15) is 5.82 Å². The number of anilines is 1. The lowest BCUT2D eigenvalue weighted by molar-refractivity contribution is -0.115. The van der Waals surface area contributed by atoms with Gasteiger partial charge in [-0.25, -0.2) is 0 Å². The van der Waals surface area contributed by atoms with Crippen molar-refractivity contribution in [1.82, 2.24) is 20.1 Å². The van der Waals surface area contributed by atoms with Crippen LogP contribution in [0.25, 0.3) is 0 Å². The number of aryl methyl sites for hydroxylation is 1. The Kier molecular flexibility index (Phi) is 5.09. The number of nitrogens with one attached hydrogen (secondary N) is 2. The quantitative estimate of drug-likeness (QED) is 0.786. The average Bonchev–Trinajstić information content (AvgIpc) is 2.80. The first-order chi connectivity index (χ1) is 9.65. The minimum absolute atomic E-state index is 0.106. The number of amides is 1. The van der Waals surface area contributed by atoms with E-state index in [1.165, 1.54) is 0 Å². The molecule has 106 valence electrons. The second kappa shape index (κ2) is 7.02. The molecule has 1 heterocycles. The highest BCUT2D eigenvalue weighted by Gasteiger charge is 2.03. The molecule has 0 bridgehead atoms. The van der Waals surface area contributed by atoms with E-state index in [1.54, 1.807) is 30.6 Å². The SMILES string of the molecule is Cn1cnnc1CCNCC(=O)Nc1cccc(Cl)c1. The molecule has 0 aliphatic rings. The molecule has 0 unspecified atom stereocenters. The molecule has 1 aromatic heterocycles. The smallest absolute Gasteiger partial charge is 0.238 e. The van der Waals surface area contributed by atoms with E-state index in [-0.39, 0.29) is 12.5 Å². The molecular weight excluding hydrogens is 278 g/mol. The summed E-state index contributed by atoms with van der Waals surface area (Å²) in [6.07, 6.45) is 2.38. The van der Waals surface area contributed by atoms with Crippen LogP contribution in [0.4, 0.5) is 5.69 Å². The zero-order valence-corrected chi connectivity index (χ0v) is 11.9. The fourth-order valence-corrected chi connectivity index (χ4v) is 1.90. The first kappa shape index (κ1) is 14.5. The summed E-state index contributed by atoms with van der Waals surface area (Å²) >= 11 is 5.84. The number of carbonyl (C=O) groups is 1. The van der Waals surface area contributed by atoms with Gasteiger partial charge in [-0.3, -0.25) is 4.79 Å². The van der Waals surface area contributed by atoms with Gasteiger partial charge in [0.05, 0.1) is 6.54 Å². The molecule has 0 radical (unpaired) electrons. The van der Waals surface area contributed by atoms with Gasteiger partial charge < -0.3 is 15.2 Å². The normalized spacial score (nSPS) is 10.5. The van der Waals surface area contributed by atoms with Crippen LogP contribution in [0.3, 0.4) is 0 Å². The van der Waals surface area contributed by atoms with Gasteiger partial charge in [-0.1, -0.05) is 17.7 Å². The maximum Gasteiger partial charge on any atom is 0.238 e. The molecule has 20 heavy (non-hydrogen) atoms. The predicted octanol–water partition coefficient (Wildman–Crippen LogP) is 1.24. The third-order valence-corrected chi connectivity index (χ3v) is 2.96. The molecule has 0 saturated heterocycles. The van der Waals surface area contributed by atoms with Crippen LogP contribution in [-0.2, 0) is 18.3 Å². The highest BCUT2D eigenvalue weighted by atomic mass is 35.5. The van der Waals surface area contributed by atoms with Crippen molar-refractivity contribution in [1.29, 1.82) is 0 Å². The van der Waals surface area contributed by atoms with Crippen LogP contribution in [0.5, 0.6) is 0 Å². The Morgan fingerprint density at radius 2 is 2.30 bits per heavy atom. The number of aromatic nitrogens is 3. The summed E-state index contributed by atoms with van der Waals surface area (Å²) in [7, 11) is 1.89. The van der Waals surface area contributed by atoms with Crippen molar-refractivity contribution in [2.75, 3.05) is 18.4 Å². The lowest BCUT2D eigenvalue weighted by Gasteiger charge is -2.07. The van der Waals surface area contributed by atoms with Gasteiger partial charge in [-0.2, -0.15) is 0 Å². The molecule has 1 aromatic carbocycles. The molecule has 2 aromatic rings. The second-order valence-corrected chi connectivity index (χ2v) is 4.78. The Morgan fingerprint density at radius 3 is 3.00 bits per heavy atom. The molecule has 0 aliphatic heterocycles. The van der Waals surface area contributed by atoms with Gasteiger partial charge in [-0.15, -0.1) is 10.2 Å². The first-order valence-corrected chi connectivity index (χ1v) is 6.62. The largest absolute Gasteiger partial charge is 0.325 e. The molecule has 0 fully saturated rings. The van der Waals surface area contributed by atoms with Crippen molar-refractivity contribution in [3.05, 3.63) is 41.4 Å². The highest BCUT2D eigenvalue weighted by molar-refractivity contribution is 6.30. The van der Waals surface area contributed by atoms with E-state index in [0.29, 0.717) is 17.3 Å². The Hall–Kier alpha value is -1.92. The lowest BCUT2D eigenvalue weighted by Crippen LogP contribution is -2.29. The van der Waals surface area contributed by atoms with E-state index in [9.17, 15) is 4.79 Å². The van der Waals surface area contributed by atoms with Gasteiger partial charge >= 0.3 is 0 Å². The molecule has 2 N–H and O–H groups in total. The minimum Gasteiger partial charge on any atom is -0.325 e. The van der Waals surface area contributed by atoms with Crippen LogP contribution < -0.4 is 10.6 Å². The van der Waals surface area contributed by atoms with Crippen molar-refractivity contribution >= 4 is 23.2 Å². The van der Waals surface area contributed by atoms with E-state index in [1.807, 2.05) is 11.6 Å². The third-order valence-electron chi connectivity index (χ3n) is 2.72. The van der Waals surface area contributed by atoms with Crippen molar-refractivity contribution in [2.24, 2.45) is 7.05 Å². The molecule has 2 rings (SSSR count). The lowest BCUT2D eigenvalue weighted by atomic mass is 10.3. The van der Waals surface area contributed by atoms with Gasteiger partial charge in [0.1, 0.15) is 12.2 Å². The number of benzene rings is 1. The van der Waals surface area contributed by atoms with Crippen LogP contribution in [-0.4, -0.2) is 33.8 Å². The van der Waals surface area contributed by atoms with E-state index in [0.717, 1.165) is 12.2 Å². The highest BCUT2D eigenvalue weighted by Crippen LogP contribution is 2.14. The van der Waals surface area contributed by atoms with Crippen molar-refractivity contribution in [3.63, 3.8) is 0 Å². The van der Waals surface area contributed by atoms with Crippen LogP contribution >= 0.6 is 11.6 Å². The van der Waals surface area contributed by atoms with Crippen LogP contribution in [0.2, 0.25) is 5.02 Å². The summed E-state index contributed by atoms with van der Waals surface area (Å²) in [4.78, 5) is 11.7. The van der Waals surface area contributed by atoms with Crippen molar-refractivity contribution < 1.29 is 4.79 Å². The van der Waals surface area contributed by atoms with Gasteiger partial charge in [0.25, 0.3) is 0 Å². The predicted molar refractivity (Wildman–Crippen MR) is 77.7 cm³/mol. The standard InChI is InChI=1S/C13H16ClN5O/c1-19-9-16-18-12(19)5-6-15-8-13(20)17-11-4-2-3-10(14)7-11/h2-4,7,9,15H,5-6,8H2,1H3,(H,17,20). The molecule has 0 atom stereocenters. The summed E-state index contributed by atoms with van der Waals surface area (Å²) in [6.45, 7) is 0.903. The number of hydrogen-bond acceptors (Lipinski definition) is 4.